The molecule has 7 nitrogen and oxygen atoms in total. The van der Waals surface area contributed by atoms with Crippen LogP contribution >= 0.6 is 0 Å². The summed E-state index contributed by atoms with van der Waals surface area (Å²) in [5.41, 5.74) is 2.44. The maximum absolute atomic E-state index is 12.1. The predicted octanol–water partition coefficient (Wildman–Crippen LogP) is -0.0359. The molecule has 1 aliphatic heterocycles. The third-order valence-corrected chi connectivity index (χ3v) is 2.84. The van der Waals surface area contributed by atoms with E-state index in [2.05, 4.69) is 10.5 Å². The van der Waals surface area contributed by atoms with E-state index in [9.17, 15) is 14.4 Å². The van der Waals surface area contributed by atoms with Crippen molar-refractivity contribution in [2.75, 3.05) is 6.54 Å². The van der Waals surface area contributed by atoms with Crippen LogP contribution in [-0.2, 0) is 14.4 Å². The number of amides is 2. The highest BCUT2D eigenvalue weighted by Gasteiger charge is 2.27. The monoisotopic (exact) mass is 255 g/mol. The van der Waals surface area contributed by atoms with Gasteiger partial charge in [0.25, 0.3) is 5.91 Å². The Hall–Kier alpha value is -1.92. The number of hydrogen-bond donors (Lipinski definition) is 2. The zero-order valence-corrected chi connectivity index (χ0v) is 10.5. The molecule has 18 heavy (non-hydrogen) atoms. The SMILES string of the molecule is CCC(C)N(CC(=O)O)C(=O)C1=NNC(=O)CC1. The van der Waals surface area contributed by atoms with Crippen molar-refractivity contribution in [2.45, 2.75) is 39.2 Å². The molecule has 0 spiro atoms. The smallest absolute Gasteiger partial charge is 0.323 e. The Bertz CT molecular complexity index is 392. The van der Waals surface area contributed by atoms with Gasteiger partial charge in [0.2, 0.25) is 5.91 Å². The van der Waals surface area contributed by atoms with Crippen LogP contribution in [0.15, 0.2) is 5.10 Å². The lowest BCUT2D eigenvalue weighted by molar-refractivity contribution is -0.143. The molecule has 0 aromatic rings. The second kappa shape index (κ2) is 6.13. The molecule has 1 aliphatic rings. The first-order valence-corrected chi connectivity index (χ1v) is 5.83. The van der Waals surface area contributed by atoms with E-state index in [0.717, 1.165) is 0 Å². The number of hydrogen-bond acceptors (Lipinski definition) is 4. The lowest BCUT2D eigenvalue weighted by Gasteiger charge is -2.28. The molecular weight excluding hydrogens is 238 g/mol. The molecule has 1 rings (SSSR count). The molecule has 1 heterocycles. The molecule has 0 aliphatic carbocycles. The number of carboxylic acid groups (broad SMARTS) is 1. The van der Waals surface area contributed by atoms with Gasteiger partial charge in [0, 0.05) is 18.9 Å². The van der Waals surface area contributed by atoms with Gasteiger partial charge in [-0.3, -0.25) is 14.4 Å². The van der Waals surface area contributed by atoms with Gasteiger partial charge in [-0.25, -0.2) is 5.43 Å². The van der Waals surface area contributed by atoms with Crippen LogP contribution in [-0.4, -0.2) is 46.1 Å². The summed E-state index contributed by atoms with van der Waals surface area (Å²) < 4.78 is 0. The molecule has 0 aromatic carbocycles. The Morgan fingerprint density at radius 2 is 2.17 bits per heavy atom. The van der Waals surface area contributed by atoms with Gasteiger partial charge in [-0.1, -0.05) is 6.92 Å². The van der Waals surface area contributed by atoms with Crippen LogP contribution in [0.3, 0.4) is 0 Å². The first-order chi connectivity index (χ1) is 8.45. The lowest BCUT2D eigenvalue weighted by Crippen LogP contribution is -2.46. The van der Waals surface area contributed by atoms with Crippen molar-refractivity contribution in [2.24, 2.45) is 5.10 Å². The highest BCUT2D eigenvalue weighted by Crippen LogP contribution is 2.09. The summed E-state index contributed by atoms with van der Waals surface area (Å²) in [6, 6.07) is -0.186. The maximum atomic E-state index is 12.1. The van der Waals surface area contributed by atoms with Crippen LogP contribution in [0.5, 0.6) is 0 Å². The Labute approximate surface area is 105 Å². The molecule has 1 atom stereocenters. The Kier molecular flexibility index (Phi) is 4.82. The van der Waals surface area contributed by atoms with E-state index in [1.165, 1.54) is 4.90 Å². The fraction of sp³-hybridized carbons (Fsp3) is 0.636. The standard InChI is InChI=1S/C11H17N3O4/c1-3-7(2)14(6-10(16)17)11(18)8-4-5-9(15)13-12-8/h7H,3-6H2,1-2H3,(H,13,15)(H,16,17). The second-order valence-electron chi connectivity index (χ2n) is 4.18. The molecule has 0 radical (unpaired) electrons. The van der Waals surface area contributed by atoms with E-state index in [4.69, 9.17) is 5.11 Å². The van der Waals surface area contributed by atoms with Crippen molar-refractivity contribution < 1.29 is 19.5 Å². The molecule has 2 amide bonds. The molecule has 7 heteroatoms. The molecule has 0 saturated heterocycles. The Balaban J connectivity index is 2.81. The number of carbonyl (C=O) groups is 3. The molecule has 0 fully saturated rings. The molecule has 2 N–H and O–H groups in total. The van der Waals surface area contributed by atoms with Crippen LogP contribution in [0.25, 0.3) is 0 Å². The average Bonchev–Trinajstić information content (AvgIpc) is 2.35. The zero-order chi connectivity index (χ0) is 13.7. The van der Waals surface area contributed by atoms with E-state index in [-0.39, 0.29) is 37.0 Å². The number of hydrazone groups is 1. The maximum Gasteiger partial charge on any atom is 0.323 e. The Morgan fingerprint density at radius 3 is 2.61 bits per heavy atom. The van der Waals surface area contributed by atoms with Crippen LogP contribution in [0.4, 0.5) is 0 Å². The summed E-state index contributed by atoms with van der Waals surface area (Å²) in [5, 5.41) is 12.5. The Morgan fingerprint density at radius 1 is 1.50 bits per heavy atom. The normalized spacial score (nSPS) is 16.6. The van der Waals surface area contributed by atoms with Gasteiger partial charge in [-0.05, 0) is 13.3 Å². The van der Waals surface area contributed by atoms with Crippen molar-refractivity contribution in [3.8, 4) is 0 Å². The topological polar surface area (TPSA) is 99.1 Å². The highest BCUT2D eigenvalue weighted by molar-refractivity contribution is 6.39. The van der Waals surface area contributed by atoms with Gasteiger partial charge >= 0.3 is 5.97 Å². The fourth-order valence-electron chi connectivity index (χ4n) is 1.59. The first kappa shape index (κ1) is 14.1. The van der Waals surface area contributed by atoms with E-state index in [1.807, 2.05) is 6.92 Å². The molecule has 100 valence electrons. The minimum absolute atomic E-state index is 0.186. The molecule has 0 aromatic heterocycles. The minimum Gasteiger partial charge on any atom is -0.480 e. The van der Waals surface area contributed by atoms with E-state index in [0.29, 0.717) is 6.42 Å². The second-order valence-corrected chi connectivity index (χ2v) is 4.18. The van der Waals surface area contributed by atoms with Crippen molar-refractivity contribution in [3.05, 3.63) is 0 Å². The quantitative estimate of drug-likeness (QED) is 0.720. The summed E-state index contributed by atoms with van der Waals surface area (Å²) >= 11 is 0. The number of carbonyl (C=O) groups excluding carboxylic acids is 2. The van der Waals surface area contributed by atoms with Crippen molar-refractivity contribution in [3.63, 3.8) is 0 Å². The van der Waals surface area contributed by atoms with E-state index < -0.39 is 11.9 Å². The van der Waals surface area contributed by atoms with Gasteiger partial charge in [0.1, 0.15) is 12.3 Å². The molecular formula is C11H17N3O4. The van der Waals surface area contributed by atoms with Gasteiger partial charge in [0.05, 0.1) is 0 Å². The van der Waals surface area contributed by atoms with Crippen LogP contribution in [0, 0.1) is 0 Å². The summed E-state index contributed by atoms with van der Waals surface area (Å²) in [6.07, 6.45) is 1.10. The third-order valence-electron chi connectivity index (χ3n) is 2.84. The third kappa shape index (κ3) is 3.54. The number of nitrogens with one attached hydrogen (secondary N) is 1. The number of rotatable bonds is 5. The van der Waals surface area contributed by atoms with Crippen molar-refractivity contribution in [1.29, 1.82) is 0 Å². The summed E-state index contributed by atoms with van der Waals surface area (Å²) in [4.78, 5) is 35.1. The summed E-state index contributed by atoms with van der Waals surface area (Å²) in [7, 11) is 0. The van der Waals surface area contributed by atoms with Gasteiger partial charge in [-0.15, -0.1) is 0 Å². The van der Waals surface area contributed by atoms with E-state index in [1.54, 1.807) is 6.92 Å². The van der Waals surface area contributed by atoms with Crippen LogP contribution < -0.4 is 5.43 Å². The lowest BCUT2D eigenvalue weighted by atomic mass is 10.1. The van der Waals surface area contributed by atoms with Gasteiger partial charge in [-0.2, -0.15) is 5.10 Å². The fourth-order valence-corrected chi connectivity index (χ4v) is 1.59. The molecule has 0 bridgehead atoms. The zero-order valence-electron chi connectivity index (χ0n) is 10.5. The van der Waals surface area contributed by atoms with Crippen molar-refractivity contribution >= 4 is 23.5 Å². The summed E-state index contributed by atoms with van der Waals surface area (Å²) in [6.45, 7) is 3.29. The highest BCUT2D eigenvalue weighted by atomic mass is 16.4. The van der Waals surface area contributed by atoms with Crippen molar-refractivity contribution in [1.82, 2.24) is 10.3 Å². The van der Waals surface area contributed by atoms with Gasteiger partial charge < -0.3 is 10.0 Å². The number of nitrogens with zero attached hydrogens (tertiary/aromatic N) is 2. The number of aliphatic carboxylic acids is 1. The minimum atomic E-state index is -1.07. The van der Waals surface area contributed by atoms with Crippen LogP contribution in [0.1, 0.15) is 33.1 Å². The van der Waals surface area contributed by atoms with Crippen LogP contribution in [0.2, 0.25) is 0 Å². The molecule has 1 unspecified atom stereocenters. The average molecular weight is 255 g/mol. The molecule has 0 saturated carbocycles. The summed E-state index contributed by atoms with van der Waals surface area (Å²) in [5.74, 6) is -1.73. The van der Waals surface area contributed by atoms with Gasteiger partial charge in [0.15, 0.2) is 0 Å². The predicted molar refractivity (Wildman–Crippen MR) is 63.9 cm³/mol. The first-order valence-electron chi connectivity index (χ1n) is 5.83. The largest absolute Gasteiger partial charge is 0.480 e. The number of carboxylic acids is 1. The van der Waals surface area contributed by atoms with E-state index >= 15 is 0 Å².